The maximum atomic E-state index is 5.59. The maximum absolute atomic E-state index is 5.59. The molecule has 0 atom stereocenters. The van der Waals surface area contributed by atoms with Crippen LogP contribution in [0.25, 0.3) is 0 Å². The van der Waals surface area contributed by atoms with E-state index in [2.05, 4.69) is 42.8 Å². The van der Waals surface area contributed by atoms with Gasteiger partial charge in [-0.1, -0.05) is 19.1 Å². The lowest BCUT2D eigenvalue weighted by Gasteiger charge is -2.33. The summed E-state index contributed by atoms with van der Waals surface area (Å²) in [5.74, 6) is 1.08. The molecule has 0 N–H and O–H groups in total. The van der Waals surface area contributed by atoms with Crippen LogP contribution < -0.4 is 4.74 Å². The normalized spacial score (nSPS) is 17.7. The van der Waals surface area contributed by atoms with Crippen LogP contribution in [0.3, 0.4) is 0 Å². The van der Waals surface area contributed by atoms with E-state index >= 15 is 0 Å². The maximum Gasteiger partial charge on any atom is 0.125 e. The Hall–Kier alpha value is -1.06. The predicted molar refractivity (Wildman–Crippen MR) is 79.9 cm³/mol. The molecule has 0 unspecified atom stereocenters. The van der Waals surface area contributed by atoms with Gasteiger partial charge < -0.3 is 9.64 Å². The van der Waals surface area contributed by atoms with Crippen LogP contribution in [0, 0.1) is 6.92 Å². The number of ether oxygens (including phenoxy) is 1. The molecule has 1 aliphatic rings. The SMILES string of the molecule is CCc1c(CN2CCN(C)CC2)ccc(C)c1OC. The zero-order valence-electron chi connectivity index (χ0n) is 12.7. The number of benzene rings is 1. The van der Waals surface area contributed by atoms with E-state index in [0.717, 1.165) is 31.8 Å². The number of likely N-dealkylation sites (N-methyl/N-ethyl adjacent to an activating group) is 1. The minimum Gasteiger partial charge on any atom is -0.496 e. The van der Waals surface area contributed by atoms with Crippen molar-refractivity contribution in [2.24, 2.45) is 0 Å². The minimum absolute atomic E-state index is 1.04. The first-order valence-corrected chi connectivity index (χ1v) is 7.22. The second kappa shape index (κ2) is 6.40. The molecular weight excluding hydrogens is 236 g/mol. The molecule has 0 amide bonds. The highest BCUT2D eigenvalue weighted by Gasteiger charge is 2.17. The van der Waals surface area contributed by atoms with Gasteiger partial charge in [-0.25, -0.2) is 0 Å². The van der Waals surface area contributed by atoms with Gasteiger partial charge in [0.05, 0.1) is 7.11 Å². The molecule has 1 heterocycles. The minimum atomic E-state index is 1.04. The molecule has 3 nitrogen and oxygen atoms in total. The fraction of sp³-hybridized carbons (Fsp3) is 0.625. The van der Waals surface area contributed by atoms with Gasteiger partial charge in [-0.2, -0.15) is 0 Å². The van der Waals surface area contributed by atoms with E-state index < -0.39 is 0 Å². The largest absolute Gasteiger partial charge is 0.496 e. The molecule has 0 bridgehead atoms. The smallest absolute Gasteiger partial charge is 0.125 e. The summed E-state index contributed by atoms with van der Waals surface area (Å²) in [4.78, 5) is 4.94. The molecule has 1 aromatic rings. The third-order valence-corrected chi connectivity index (χ3v) is 4.10. The zero-order chi connectivity index (χ0) is 13.8. The van der Waals surface area contributed by atoms with Crippen LogP contribution in [0.2, 0.25) is 0 Å². The van der Waals surface area contributed by atoms with E-state index in [0.29, 0.717) is 0 Å². The monoisotopic (exact) mass is 262 g/mol. The van der Waals surface area contributed by atoms with Crippen molar-refractivity contribution in [3.8, 4) is 5.75 Å². The van der Waals surface area contributed by atoms with Crippen molar-refractivity contribution < 1.29 is 4.74 Å². The van der Waals surface area contributed by atoms with Crippen molar-refractivity contribution in [1.29, 1.82) is 0 Å². The van der Waals surface area contributed by atoms with Crippen molar-refractivity contribution in [2.45, 2.75) is 26.8 Å². The third-order valence-electron chi connectivity index (χ3n) is 4.10. The predicted octanol–water partition coefficient (Wildman–Crippen LogP) is 2.31. The van der Waals surface area contributed by atoms with E-state index in [1.807, 2.05) is 0 Å². The topological polar surface area (TPSA) is 15.7 Å². The number of hydrogen-bond acceptors (Lipinski definition) is 3. The van der Waals surface area contributed by atoms with E-state index in [9.17, 15) is 0 Å². The van der Waals surface area contributed by atoms with Gasteiger partial charge in [0, 0.05) is 32.7 Å². The van der Waals surface area contributed by atoms with Crippen molar-refractivity contribution in [2.75, 3.05) is 40.3 Å². The first kappa shape index (κ1) is 14.4. The van der Waals surface area contributed by atoms with E-state index in [1.54, 1.807) is 7.11 Å². The number of methoxy groups -OCH3 is 1. The fourth-order valence-corrected chi connectivity index (χ4v) is 2.85. The number of hydrogen-bond donors (Lipinski definition) is 0. The molecule has 0 aromatic heterocycles. The van der Waals surface area contributed by atoms with Gasteiger partial charge >= 0.3 is 0 Å². The Kier molecular flexibility index (Phi) is 4.83. The molecule has 0 spiro atoms. The Morgan fingerprint density at radius 3 is 2.42 bits per heavy atom. The van der Waals surface area contributed by atoms with Crippen LogP contribution >= 0.6 is 0 Å². The summed E-state index contributed by atoms with van der Waals surface area (Å²) < 4.78 is 5.59. The van der Waals surface area contributed by atoms with Gasteiger partial charge in [0.15, 0.2) is 0 Å². The molecule has 3 heteroatoms. The molecular formula is C16H26N2O. The molecule has 106 valence electrons. The van der Waals surface area contributed by atoms with Crippen molar-refractivity contribution in [1.82, 2.24) is 9.80 Å². The Bertz CT molecular complexity index is 423. The molecule has 1 aliphatic heterocycles. The summed E-state index contributed by atoms with van der Waals surface area (Å²) in [5, 5.41) is 0. The van der Waals surface area contributed by atoms with Gasteiger partial charge in [0.25, 0.3) is 0 Å². The lowest BCUT2D eigenvalue weighted by Crippen LogP contribution is -2.44. The highest BCUT2D eigenvalue weighted by atomic mass is 16.5. The molecule has 0 radical (unpaired) electrons. The molecule has 2 rings (SSSR count). The summed E-state index contributed by atoms with van der Waals surface area (Å²) in [7, 11) is 3.98. The van der Waals surface area contributed by atoms with Crippen LogP contribution in [0.1, 0.15) is 23.6 Å². The molecule has 19 heavy (non-hydrogen) atoms. The van der Waals surface area contributed by atoms with Gasteiger partial charge in [0.1, 0.15) is 5.75 Å². The Morgan fingerprint density at radius 2 is 1.84 bits per heavy atom. The van der Waals surface area contributed by atoms with Crippen molar-refractivity contribution in [3.05, 3.63) is 28.8 Å². The first-order valence-electron chi connectivity index (χ1n) is 7.22. The number of piperazine rings is 1. The highest BCUT2D eigenvalue weighted by molar-refractivity contribution is 5.46. The number of rotatable bonds is 4. The fourth-order valence-electron chi connectivity index (χ4n) is 2.85. The quantitative estimate of drug-likeness (QED) is 0.828. The van der Waals surface area contributed by atoms with Crippen LogP contribution in [0.5, 0.6) is 5.75 Å². The highest BCUT2D eigenvalue weighted by Crippen LogP contribution is 2.28. The lowest BCUT2D eigenvalue weighted by molar-refractivity contribution is 0.148. The molecule has 0 aliphatic carbocycles. The summed E-state index contributed by atoms with van der Waals surface area (Å²) >= 11 is 0. The third kappa shape index (κ3) is 3.28. The van der Waals surface area contributed by atoms with Crippen LogP contribution in [-0.4, -0.2) is 50.1 Å². The average molecular weight is 262 g/mol. The zero-order valence-corrected chi connectivity index (χ0v) is 12.7. The van der Waals surface area contributed by atoms with Crippen molar-refractivity contribution in [3.63, 3.8) is 0 Å². The Morgan fingerprint density at radius 1 is 1.16 bits per heavy atom. The van der Waals surface area contributed by atoms with Crippen molar-refractivity contribution >= 4 is 0 Å². The Balaban J connectivity index is 2.16. The van der Waals surface area contributed by atoms with Gasteiger partial charge in [-0.15, -0.1) is 0 Å². The van der Waals surface area contributed by atoms with Gasteiger partial charge in [-0.05, 0) is 37.1 Å². The summed E-state index contributed by atoms with van der Waals surface area (Å²) in [6, 6.07) is 4.46. The van der Waals surface area contributed by atoms with Gasteiger partial charge in [-0.3, -0.25) is 4.90 Å². The summed E-state index contributed by atoms with van der Waals surface area (Å²) in [5.41, 5.74) is 4.04. The second-order valence-electron chi connectivity index (χ2n) is 5.49. The number of aryl methyl sites for hydroxylation is 1. The number of nitrogens with zero attached hydrogens (tertiary/aromatic N) is 2. The van der Waals surface area contributed by atoms with Crippen LogP contribution in [0.4, 0.5) is 0 Å². The molecule has 1 saturated heterocycles. The van der Waals surface area contributed by atoms with E-state index in [1.165, 1.54) is 29.8 Å². The second-order valence-corrected chi connectivity index (χ2v) is 5.49. The molecule has 1 aromatic carbocycles. The summed E-state index contributed by atoms with van der Waals surface area (Å²) in [6.45, 7) is 10.1. The first-order chi connectivity index (χ1) is 9.15. The van der Waals surface area contributed by atoms with Crippen LogP contribution in [0.15, 0.2) is 12.1 Å². The standard InChI is InChI=1S/C16H26N2O/c1-5-15-14(7-6-13(2)16(15)19-4)12-18-10-8-17(3)9-11-18/h6-7H,5,8-12H2,1-4H3. The lowest BCUT2D eigenvalue weighted by atomic mass is 10.00. The van der Waals surface area contributed by atoms with Gasteiger partial charge in [0.2, 0.25) is 0 Å². The van der Waals surface area contributed by atoms with E-state index in [4.69, 9.17) is 4.74 Å². The summed E-state index contributed by atoms with van der Waals surface area (Å²) in [6.07, 6.45) is 1.04. The molecule has 0 saturated carbocycles. The van der Waals surface area contributed by atoms with E-state index in [-0.39, 0.29) is 0 Å². The Labute approximate surface area is 117 Å². The average Bonchev–Trinajstić information content (AvgIpc) is 2.42. The van der Waals surface area contributed by atoms with Crippen LogP contribution in [-0.2, 0) is 13.0 Å². The molecule has 1 fully saturated rings.